The Morgan fingerprint density at radius 3 is 2.23 bits per heavy atom. The fraction of sp³-hybridized carbons (Fsp3) is 0.235. The molecule has 1 N–H and O–H groups in total. The summed E-state index contributed by atoms with van der Waals surface area (Å²) in [5.41, 5.74) is 2.21. The Morgan fingerprint density at radius 1 is 0.955 bits per heavy atom. The van der Waals surface area contributed by atoms with Crippen LogP contribution in [0.25, 0.3) is 0 Å². The van der Waals surface area contributed by atoms with E-state index in [9.17, 15) is 9.90 Å². The summed E-state index contributed by atoms with van der Waals surface area (Å²) in [6.07, 6.45) is 0. The Bertz CT molecular complexity index is 668. The van der Waals surface area contributed by atoms with E-state index >= 15 is 0 Å². The van der Waals surface area contributed by atoms with Gasteiger partial charge in [-0.2, -0.15) is 0 Å². The Morgan fingerprint density at radius 2 is 1.59 bits per heavy atom. The number of carboxylic acids is 1. The van der Waals surface area contributed by atoms with Gasteiger partial charge in [-0.3, -0.25) is 0 Å². The summed E-state index contributed by atoms with van der Waals surface area (Å²) in [5, 5.41) is 9.80. The number of carbonyl (C=O) groups is 1. The first-order valence-electron chi connectivity index (χ1n) is 7.23. The first-order valence-corrected chi connectivity index (χ1v) is 7.61. The molecule has 1 aliphatic rings. The van der Waals surface area contributed by atoms with E-state index in [-0.39, 0.29) is 5.56 Å². The summed E-state index contributed by atoms with van der Waals surface area (Å²) in [6, 6.07) is 15.3. The zero-order chi connectivity index (χ0) is 15.5. The minimum absolute atomic E-state index is 0.265. The Balaban J connectivity index is 1.76. The summed E-state index contributed by atoms with van der Waals surface area (Å²) in [6.45, 7) is 3.31. The van der Waals surface area contributed by atoms with E-state index in [1.54, 1.807) is 12.1 Å². The second-order valence-electron chi connectivity index (χ2n) is 5.28. The molecule has 1 aliphatic heterocycles. The van der Waals surface area contributed by atoms with E-state index in [1.807, 2.05) is 18.2 Å². The predicted octanol–water partition coefficient (Wildman–Crippen LogP) is 3.36. The van der Waals surface area contributed by atoms with Crippen molar-refractivity contribution in [1.82, 2.24) is 0 Å². The van der Waals surface area contributed by atoms with E-state index in [0.717, 1.165) is 31.9 Å². The highest BCUT2D eigenvalue weighted by Crippen LogP contribution is 2.26. The fourth-order valence-electron chi connectivity index (χ4n) is 2.80. The zero-order valence-corrected chi connectivity index (χ0v) is 12.8. The summed E-state index contributed by atoms with van der Waals surface area (Å²) in [7, 11) is 0. The standard InChI is InChI=1S/C17H17ClN2O2/c18-13-6-7-16(15(12-13)17(21)22)20-10-8-19(9-11-20)14-4-2-1-3-5-14/h1-7,12H,8-11H2,(H,21,22). The van der Waals surface area contributed by atoms with E-state index in [4.69, 9.17) is 11.6 Å². The molecule has 114 valence electrons. The molecule has 0 aromatic heterocycles. The monoisotopic (exact) mass is 316 g/mol. The van der Waals surface area contributed by atoms with Crippen LogP contribution in [0, 0.1) is 0 Å². The lowest BCUT2D eigenvalue weighted by Crippen LogP contribution is -2.47. The number of carboxylic acid groups (broad SMARTS) is 1. The second kappa shape index (κ2) is 6.28. The van der Waals surface area contributed by atoms with Crippen LogP contribution in [0.4, 0.5) is 11.4 Å². The number of rotatable bonds is 3. The summed E-state index contributed by atoms with van der Waals surface area (Å²) in [5.74, 6) is -0.942. The quantitative estimate of drug-likeness (QED) is 0.943. The van der Waals surface area contributed by atoms with Crippen molar-refractivity contribution in [3.05, 3.63) is 59.1 Å². The largest absolute Gasteiger partial charge is 0.478 e. The molecule has 1 heterocycles. The van der Waals surface area contributed by atoms with Gasteiger partial charge >= 0.3 is 5.97 Å². The van der Waals surface area contributed by atoms with Crippen molar-refractivity contribution in [3.63, 3.8) is 0 Å². The molecular weight excluding hydrogens is 300 g/mol. The van der Waals surface area contributed by atoms with Crippen molar-refractivity contribution in [3.8, 4) is 0 Å². The van der Waals surface area contributed by atoms with Gasteiger partial charge in [0, 0.05) is 36.9 Å². The average Bonchev–Trinajstić information content (AvgIpc) is 2.56. The number of anilines is 2. The maximum atomic E-state index is 11.4. The van der Waals surface area contributed by atoms with Crippen LogP contribution in [0.2, 0.25) is 5.02 Å². The smallest absolute Gasteiger partial charge is 0.337 e. The third-order valence-electron chi connectivity index (χ3n) is 3.93. The van der Waals surface area contributed by atoms with Gasteiger partial charge < -0.3 is 14.9 Å². The number of hydrogen-bond acceptors (Lipinski definition) is 3. The highest BCUT2D eigenvalue weighted by molar-refractivity contribution is 6.31. The molecule has 4 nitrogen and oxygen atoms in total. The molecule has 0 atom stereocenters. The van der Waals surface area contributed by atoms with Gasteiger partial charge in [0.05, 0.1) is 11.3 Å². The van der Waals surface area contributed by atoms with Crippen LogP contribution in [0.3, 0.4) is 0 Å². The summed E-state index contributed by atoms with van der Waals surface area (Å²) >= 11 is 5.91. The summed E-state index contributed by atoms with van der Waals surface area (Å²) < 4.78 is 0. The normalized spacial score (nSPS) is 15.0. The molecule has 0 amide bonds. The molecule has 2 aromatic rings. The zero-order valence-electron chi connectivity index (χ0n) is 12.1. The molecule has 1 saturated heterocycles. The van der Waals surface area contributed by atoms with Crippen LogP contribution < -0.4 is 9.80 Å². The Kier molecular flexibility index (Phi) is 4.20. The van der Waals surface area contributed by atoms with Gasteiger partial charge in [-0.1, -0.05) is 29.8 Å². The van der Waals surface area contributed by atoms with Crippen LogP contribution >= 0.6 is 11.6 Å². The lowest BCUT2D eigenvalue weighted by molar-refractivity contribution is 0.0697. The summed E-state index contributed by atoms with van der Waals surface area (Å²) in [4.78, 5) is 15.8. The predicted molar refractivity (Wildman–Crippen MR) is 89.3 cm³/mol. The Labute approximate surface area is 134 Å². The molecule has 0 unspecified atom stereocenters. The highest BCUT2D eigenvalue weighted by Gasteiger charge is 2.21. The van der Waals surface area contributed by atoms with Gasteiger partial charge in [0.15, 0.2) is 0 Å². The molecule has 22 heavy (non-hydrogen) atoms. The van der Waals surface area contributed by atoms with E-state index < -0.39 is 5.97 Å². The number of halogens is 1. The second-order valence-corrected chi connectivity index (χ2v) is 5.71. The minimum atomic E-state index is -0.942. The van der Waals surface area contributed by atoms with Gasteiger partial charge in [-0.15, -0.1) is 0 Å². The number of piperazine rings is 1. The molecular formula is C17H17ClN2O2. The van der Waals surface area contributed by atoms with Gasteiger partial charge in [0.25, 0.3) is 0 Å². The minimum Gasteiger partial charge on any atom is -0.478 e. The number of aromatic carboxylic acids is 1. The number of nitrogens with zero attached hydrogens (tertiary/aromatic N) is 2. The number of para-hydroxylation sites is 1. The van der Waals surface area contributed by atoms with Gasteiger partial charge in [0.1, 0.15) is 0 Å². The number of benzene rings is 2. The van der Waals surface area contributed by atoms with Crippen molar-refractivity contribution < 1.29 is 9.90 Å². The molecule has 0 bridgehead atoms. The molecule has 5 heteroatoms. The van der Waals surface area contributed by atoms with Crippen LogP contribution in [0.5, 0.6) is 0 Å². The maximum absolute atomic E-state index is 11.4. The van der Waals surface area contributed by atoms with Crippen molar-refractivity contribution in [2.75, 3.05) is 36.0 Å². The molecule has 0 spiro atoms. The molecule has 2 aromatic carbocycles. The lowest BCUT2D eigenvalue weighted by Gasteiger charge is -2.37. The van der Waals surface area contributed by atoms with Gasteiger partial charge in [0.2, 0.25) is 0 Å². The SMILES string of the molecule is O=C(O)c1cc(Cl)ccc1N1CCN(c2ccccc2)CC1. The van der Waals surface area contributed by atoms with E-state index in [1.165, 1.54) is 11.8 Å². The van der Waals surface area contributed by atoms with Gasteiger partial charge in [-0.05, 0) is 30.3 Å². The molecule has 0 saturated carbocycles. The first-order chi connectivity index (χ1) is 10.6. The van der Waals surface area contributed by atoms with Crippen LogP contribution in [-0.4, -0.2) is 37.3 Å². The van der Waals surface area contributed by atoms with Crippen LogP contribution in [0.15, 0.2) is 48.5 Å². The molecule has 0 radical (unpaired) electrons. The first kappa shape index (κ1) is 14.7. The van der Waals surface area contributed by atoms with E-state index in [0.29, 0.717) is 5.02 Å². The lowest BCUT2D eigenvalue weighted by atomic mass is 10.1. The fourth-order valence-corrected chi connectivity index (χ4v) is 2.97. The van der Waals surface area contributed by atoms with Crippen molar-refractivity contribution in [1.29, 1.82) is 0 Å². The molecule has 3 rings (SSSR count). The van der Waals surface area contributed by atoms with E-state index in [2.05, 4.69) is 21.9 Å². The van der Waals surface area contributed by atoms with Crippen LogP contribution in [0.1, 0.15) is 10.4 Å². The Hall–Kier alpha value is -2.20. The highest BCUT2D eigenvalue weighted by atomic mass is 35.5. The van der Waals surface area contributed by atoms with Gasteiger partial charge in [-0.25, -0.2) is 4.79 Å². The van der Waals surface area contributed by atoms with Crippen molar-refractivity contribution >= 4 is 28.9 Å². The third kappa shape index (κ3) is 3.02. The molecule has 0 aliphatic carbocycles. The van der Waals surface area contributed by atoms with Crippen LogP contribution in [-0.2, 0) is 0 Å². The number of hydrogen-bond donors (Lipinski definition) is 1. The maximum Gasteiger partial charge on any atom is 0.337 e. The average molecular weight is 317 g/mol. The topological polar surface area (TPSA) is 43.8 Å². The van der Waals surface area contributed by atoms with Crippen molar-refractivity contribution in [2.45, 2.75) is 0 Å². The molecule has 1 fully saturated rings. The third-order valence-corrected chi connectivity index (χ3v) is 4.17. The van der Waals surface area contributed by atoms with Crippen molar-refractivity contribution in [2.24, 2.45) is 0 Å².